The number of likely N-dealkylation sites (tertiary alicyclic amines) is 1. The summed E-state index contributed by atoms with van der Waals surface area (Å²) in [5.41, 5.74) is 4.23. The van der Waals surface area contributed by atoms with Crippen molar-refractivity contribution in [3.8, 4) is 0 Å². The predicted molar refractivity (Wildman–Crippen MR) is 120 cm³/mol. The van der Waals surface area contributed by atoms with Crippen molar-refractivity contribution in [2.24, 2.45) is 5.92 Å². The van der Waals surface area contributed by atoms with E-state index < -0.39 is 5.91 Å². The molecule has 2 amide bonds. The van der Waals surface area contributed by atoms with Crippen LogP contribution in [0.3, 0.4) is 0 Å². The van der Waals surface area contributed by atoms with Gasteiger partial charge < -0.3 is 10.2 Å². The van der Waals surface area contributed by atoms with Crippen LogP contribution in [0.15, 0.2) is 60.7 Å². The molecule has 0 radical (unpaired) electrons. The molecule has 6 nitrogen and oxygen atoms in total. The molecule has 2 aliphatic rings. The van der Waals surface area contributed by atoms with Gasteiger partial charge in [0.2, 0.25) is 5.91 Å². The molecule has 1 heterocycles. The number of amides is 2. The summed E-state index contributed by atoms with van der Waals surface area (Å²) in [6, 6.07) is 18.0. The van der Waals surface area contributed by atoms with Crippen LogP contribution in [0, 0.1) is 5.92 Å². The van der Waals surface area contributed by atoms with Crippen LogP contribution < -0.4 is 10.8 Å². The van der Waals surface area contributed by atoms with E-state index in [2.05, 4.69) is 35.6 Å². The maximum atomic E-state index is 12.5. The van der Waals surface area contributed by atoms with Crippen LogP contribution in [0.5, 0.6) is 0 Å². The van der Waals surface area contributed by atoms with Crippen molar-refractivity contribution in [2.75, 3.05) is 19.6 Å². The van der Waals surface area contributed by atoms with Crippen molar-refractivity contribution in [2.45, 2.75) is 31.2 Å². The minimum absolute atomic E-state index is 0.0231. The lowest BCUT2D eigenvalue weighted by Gasteiger charge is -2.31. The molecule has 4 rings (SSSR count). The molecular formula is C25H29N3O3. The highest BCUT2D eigenvalue weighted by Crippen LogP contribution is 2.40. The summed E-state index contributed by atoms with van der Waals surface area (Å²) in [6.07, 6.45) is 6.63. The van der Waals surface area contributed by atoms with Gasteiger partial charge in [-0.2, -0.15) is 0 Å². The minimum atomic E-state index is -0.554. The number of benzene rings is 2. The molecule has 1 saturated heterocycles. The van der Waals surface area contributed by atoms with Crippen LogP contribution in [0.1, 0.15) is 46.7 Å². The molecule has 0 aromatic heterocycles. The van der Waals surface area contributed by atoms with Gasteiger partial charge in [0.15, 0.2) is 0 Å². The van der Waals surface area contributed by atoms with Crippen LogP contribution in [-0.2, 0) is 4.79 Å². The first-order valence-corrected chi connectivity index (χ1v) is 10.9. The van der Waals surface area contributed by atoms with Crippen molar-refractivity contribution < 1.29 is 14.8 Å². The highest BCUT2D eigenvalue weighted by Gasteiger charge is 2.38. The Morgan fingerprint density at radius 2 is 1.74 bits per heavy atom. The van der Waals surface area contributed by atoms with Crippen molar-refractivity contribution in [1.29, 1.82) is 0 Å². The molecule has 162 valence electrons. The van der Waals surface area contributed by atoms with Gasteiger partial charge in [-0.1, -0.05) is 42.5 Å². The van der Waals surface area contributed by atoms with E-state index in [1.807, 2.05) is 4.90 Å². The largest absolute Gasteiger partial charge is 0.339 e. The Morgan fingerprint density at radius 1 is 1.03 bits per heavy atom. The van der Waals surface area contributed by atoms with Gasteiger partial charge in [-0.05, 0) is 61.1 Å². The lowest BCUT2D eigenvalue weighted by Crippen LogP contribution is -2.40. The summed E-state index contributed by atoms with van der Waals surface area (Å²) in [5, 5.41) is 12.4. The van der Waals surface area contributed by atoms with Crippen molar-refractivity contribution >= 4 is 17.9 Å². The Morgan fingerprint density at radius 3 is 2.42 bits per heavy atom. The number of hydroxylamine groups is 1. The number of carbonyl (C=O) groups excluding carboxylic acids is 2. The van der Waals surface area contributed by atoms with Gasteiger partial charge in [0.25, 0.3) is 5.91 Å². The molecular weight excluding hydrogens is 390 g/mol. The smallest absolute Gasteiger partial charge is 0.274 e. The van der Waals surface area contributed by atoms with E-state index in [1.165, 1.54) is 12.0 Å². The fraction of sp³-hybridized carbons (Fsp3) is 0.360. The van der Waals surface area contributed by atoms with Crippen LogP contribution in [0.2, 0.25) is 0 Å². The second kappa shape index (κ2) is 9.90. The molecule has 31 heavy (non-hydrogen) atoms. The first kappa shape index (κ1) is 21.3. The number of carbonyl (C=O) groups is 2. The molecule has 1 saturated carbocycles. The summed E-state index contributed by atoms with van der Waals surface area (Å²) >= 11 is 0. The Bertz CT molecular complexity index is 919. The molecule has 2 aromatic rings. The van der Waals surface area contributed by atoms with E-state index in [0.717, 1.165) is 38.0 Å². The Hall–Kier alpha value is -2.96. The second-order valence-electron chi connectivity index (χ2n) is 8.43. The molecule has 2 atom stereocenters. The van der Waals surface area contributed by atoms with E-state index in [9.17, 15) is 9.59 Å². The number of nitrogens with zero attached hydrogens (tertiary/aromatic N) is 1. The fourth-order valence-electron chi connectivity index (χ4n) is 4.25. The number of hydrogen-bond acceptors (Lipinski definition) is 4. The number of nitrogens with one attached hydrogen (secondary N) is 2. The van der Waals surface area contributed by atoms with E-state index in [4.69, 9.17) is 5.21 Å². The fourth-order valence-corrected chi connectivity index (χ4v) is 4.25. The molecule has 6 heteroatoms. The summed E-state index contributed by atoms with van der Waals surface area (Å²) in [7, 11) is 0. The van der Waals surface area contributed by atoms with Crippen molar-refractivity contribution in [3.05, 3.63) is 77.4 Å². The maximum Gasteiger partial charge on any atom is 0.274 e. The third-order valence-corrected chi connectivity index (χ3v) is 6.31. The van der Waals surface area contributed by atoms with Gasteiger partial charge in [-0.15, -0.1) is 0 Å². The van der Waals surface area contributed by atoms with Gasteiger partial charge in [-0.3, -0.25) is 14.8 Å². The lowest BCUT2D eigenvalue weighted by atomic mass is 9.96. The third-order valence-electron chi connectivity index (χ3n) is 6.31. The third kappa shape index (κ3) is 5.60. The monoisotopic (exact) mass is 419 g/mol. The Labute approximate surface area is 182 Å². The van der Waals surface area contributed by atoms with Gasteiger partial charge in [0.05, 0.1) is 0 Å². The van der Waals surface area contributed by atoms with E-state index in [-0.39, 0.29) is 5.91 Å². The summed E-state index contributed by atoms with van der Waals surface area (Å²) in [4.78, 5) is 25.8. The topological polar surface area (TPSA) is 81.7 Å². The standard InChI is InChI=1S/C25H29N3O3/c29-24(11-8-18-6-9-21(10-7-18)25(30)27-31)28-14-12-19(13-15-28)17-26-23-16-22(23)20-4-2-1-3-5-20/h1-11,19,22-23,26,31H,12-17H2,(H,27,30). The van der Waals surface area contributed by atoms with Gasteiger partial charge in [-0.25, -0.2) is 5.48 Å². The quantitative estimate of drug-likeness (QED) is 0.366. The molecule has 2 fully saturated rings. The molecule has 1 aliphatic carbocycles. The highest BCUT2D eigenvalue weighted by molar-refractivity contribution is 5.94. The lowest BCUT2D eigenvalue weighted by molar-refractivity contribution is -0.127. The predicted octanol–water partition coefficient (Wildman–Crippen LogP) is 3.20. The van der Waals surface area contributed by atoms with Crippen LogP contribution in [-0.4, -0.2) is 47.6 Å². The van der Waals surface area contributed by atoms with Gasteiger partial charge >= 0.3 is 0 Å². The maximum absolute atomic E-state index is 12.5. The number of hydrogen-bond donors (Lipinski definition) is 3. The van der Waals surface area contributed by atoms with Crippen LogP contribution in [0.25, 0.3) is 6.08 Å². The summed E-state index contributed by atoms with van der Waals surface area (Å²) in [6.45, 7) is 2.61. The van der Waals surface area contributed by atoms with Gasteiger partial charge in [0, 0.05) is 36.7 Å². The van der Waals surface area contributed by atoms with Crippen LogP contribution >= 0.6 is 0 Å². The zero-order valence-corrected chi connectivity index (χ0v) is 17.5. The van der Waals surface area contributed by atoms with E-state index in [0.29, 0.717) is 23.4 Å². The normalized spacial score (nSPS) is 21.3. The highest BCUT2D eigenvalue weighted by atomic mass is 16.5. The minimum Gasteiger partial charge on any atom is -0.339 e. The number of rotatable bonds is 7. The first-order valence-electron chi connectivity index (χ1n) is 10.9. The summed E-state index contributed by atoms with van der Waals surface area (Å²) in [5.74, 6) is 0.742. The first-order chi connectivity index (χ1) is 15.1. The zero-order chi connectivity index (χ0) is 21.6. The molecule has 2 unspecified atom stereocenters. The van der Waals surface area contributed by atoms with Crippen molar-refractivity contribution in [3.63, 3.8) is 0 Å². The van der Waals surface area contributed by atoms with E-state index in [1.54, 1.807) is 41.9 Å². The van der Waals surface area contributed by atoms with Gasteiger partial charge in [0.1, 0.15) is 0 Å². The second-order valence-corrected chi connectivity index (χ2v) is 8.43. The molecule has 1 aliphatic heterocycles. The Kier molecular flexibility index (Phi) is 6.79. The molecule has 0 spiro atoms. The summed E-state index contributed by atoms with van der Waals surface area (Å²) < 4.78 is 0. The molecule has 3 N–H and O–H groups in total. The SMILES string of the molecule is O=C(NO)c1ccc(C=CC(=O)N2CCC(CNC3CC3c3ccccc3)CC2)cc1. The molecule has 0 bridgehead atoms. The average Bonchev–Trinajstić information content (AvgIpc) is 3.62. The average molecular weight is 420 g/mol. The van der Waals surface area contributed by atoms with Crippen molar-refractivity contribution in [1.82, 2.24) is 15.7 Å². The van der Waals surface area contributed by atoms with E-state index >= 15 is 0 Å². The van der Waals surface area contributed by atoms with Crippen LogP contribution in [0.4, 0.5) is 0 Å². The molecule has 2 aromatic carbocycles. The number of piperidine rings is 1. The zero-order valence-electron chi connectivity index (χ0n) is 17.5. The Balaban J connectivity index is 1.18.